The summed E-state index contributed by atoms with van der Waals surface area (Å²) >= 11 is 3.51. The van der Waals surface area contributed by atoms with Crippen LogP contribution >= 0.6 is 15.9 Å². The third-order valence-electron chi connectivity index (χ3n) is 1.94. The Kier molecular flexibility index (Phi) is 4.59. The number of hydrogen-bond donors (Lipinski definition) is 1. The Morgan fingerprint density at radius 3 is 2.40 bits per heavy atom. The highest BCUT2D eigenvalue weighted by Crippen LogP contribution is 2.24. The Hall–Kier alpha value is -1.06. The molecule has 2 nitrogen and oxygen atoms in total. The molecule has 3 heteroatoms. The average Bonchev–Trinajstić information content (AvgIpc) is 2.19. The second-order valence-electron chi connectivity index (χ2n) is 3.17. The quantitative estimate of drug-likeness (QED) is 0.518. The maximum atomic E-state index is 5.81. The number of hydrogen-bond acceptors (Lipinski definition) is 2. The zero-order valence-corrected chi connectivity index (χ0v) is 10.5. The molecule has 1 aromatic rings. The minimum absolute atomic E-state index is 0.966. The van der Waals surface area contributed by atoms with Gasteiger partial charge in [-0.1, -0.05) is 42.5 Å². The fraction of sp³-hybridized carbons (Fsp3) is 0.167. The standard InChI is InChI=1S/C12H15BrN2/c1-3-7-11(13)12(15(2)14)10-8-5-4-6-9-10/h3-9H,14H2,1-2H3/b7-3+,12-11+. The smallest absolute Gasteiger partial charge is 0.0728 e. The van der Waals surface area contributed by atoms with Crippen molar-refractivity contribution in [2.24, 2.45) is 5.84 Å². The van der Waals surface area contributed by atoms with Gasteiger partial charge in [0.25, 0.3) is 0 Å². The molecule has 0 heterocycles. The lowest BCUT2D eigenvalue weighted by Crippen LogP contribution is -2.24. The average molecular weight is 267 g/mol. The molecule has 0 aromatic heterocycles. The minimum atomic E-state index is 0.966. The van der Waals surface area contributed by atoms with Gasteiger partial charge in [-0.25, -0.2) is 5.84 Å². The van der Waals surface area contributed by atoms with E-state index in [4.69, 9.17) is 5.84 Å². The van der Waals surface area contributed by atoms with Crippen molar-refractivity contribution in [3.05, 3.63) is 52.5 Å². The summed E-state index contributed by atoms with van der Waals surface area (Å²) in [4.78, 5) is 0. The highest BCUT2D eigenvalue weighted by atomic mass is 79.9. The molecule has 0 spiro atoms. The van der Waals surface area contributed by atoms with Gasteiger partial charge in [0.1, 0.15) is 0 Å². The minimum Gasteiger partial charge on any atom is -0.312 e. The van der Waals surface area contributed by atoms with Gasteiger partial charge in [-0.05, 0) is 22.9 Å². The Morgan fingerprint density at radius 1 is 1.33 bits per heavy atom. The number of nitrogens with two attached hydrogens (primary N) is 1. The second kappa shape index (κ2) is 5.73. The van der Waals surface area contributed by atoms with Crippen LogP contribution in [0.2, 0.25) is 0 Å². The molecule has 2 N–H and O–H groups in total. The summed E-state index contributed by atoms with van der Waals surface area (Å²) in [6.07, 6.45) is 3.95. The van der Waals surface area contributed by atoms with Crippen LogP contribution in [-0.2, 0) is 0 Å². The SMILES string of the molecule is C/C=C/C(Br)=C(/c1ccccc1)N(C)N. The van der Waals surface area contributed by atoms with E-state index in [1.807, 2.05) is 56.5 Å². The fourth-order valence-corrected chi connectivity index (χ4v) is 2.10. The van der Waals surface area contributed by atoms with Crippen molar-refractivity contribution in [3.8, 4) is 0 Å². The molecule has 1 rings (SSSR count). The molecule has 0 unspecified atom stereocenters. The van der Waals surface area contributed by atoms with E-state index in [1.54, 1.807) is 5.01 Å². The van der Waals surface area contributed by atoms with Crippen LogP contribution in [0, 0.1) is 0 Å². The molecule has 15 heavy (non-hydrogen) atoms. The number of nitrogens with zero attached hydrogens (tertiary/aromatic N) is 1. The maximum absolute atomic E-state index is 5.81. The Balaban J connectivity index is 3.21. The largest absolute Gasteiger partial charge is 0.312 e. The summed E-state index contributed by atoms with van der Waals surface area (Å²) in [5.74, 6) is 5.81. The summed E-state index contributed by atoms with van der Waals surface area (Å²) in [5.41, 5.74) is 2.06. The van der Waals surface area contributed by atoms with Crippen LogP contribution < -0.4 is 5.84 Å². The van der Waals surface area contributed by atoms with E-state index in [0.717, 1.165) is 15.7 Å². The van der Waals surface area contributed by atoms with Gasteiger partial charge in [0.2, 0.25) is 0 Å². The van der Waals surface area contributed by atoms with Gasteiger partial charge in [-0.15, -0.1) is 0 Å². The first-order valence-corrected chi connectivity index (χ1v) is 5.52. The lowest BCUT2D eigenvalue weighted by molar-refractivity contribution is 0.510. The van der Waals surface area contributed by atoms with Crippen molar-refractivity contribution in [2.45, 2.75) is 6.92 Å². The summed E-state index contributed by atoms with van der Waals surface area (Å²) in [7, 11) is 1.83. The zero-order chi connectivity index (χ0) is 11.3. The van der Waals surface area contributed by atoms with Gasteiger partial charge in [0.15, 0.2) is 0 Å². The first-order chi connectivity index (χ1) is 7.16. The second-order valence-corrected chi connectivity index (χ2v) is 4.03. The monoisotopic (exact) mass is 266 g/mol. The van der Waals surface area contributed by atoms with E-state index in [2.05, 4.69) is 15.9 Å². The highest BCUT2D eigenvalue weighted by molar-refractivity contribution is 9.12. The molecule has 1 aromatic carbocycles. The molecular weight excluding hydrogens is 252 g/mol. The van der Waals surface area contributed by atoms with Crippen molar-refractivity contribution in [2.75, 3.05) is 7.05 Å². The van der Waals surface area contributed by atoms with Gasteiger partial charge in [-0.3, -0.25) is 0 Å². The number of halogens is 1. The topological polar surface area (TPSA) is 29.3 Å². The summed E-state index contributed by atoms with van der Waals surface area (Å²) in [6.45, 7) is 1.97. The van der Waals surface area contributed by atoms with Crippen LogP contribution in [0.4, 0.5) is 0 Å². The molecule has 0 saturated heterocycles. The third kappa shape index (κ3) is 3.22. The van der Waals surface area contributed by atoms with E-state index in [0.29, 0.717) is 0 Å². The van der Waals surface area contributed by atoms with Crippen LogP contribution in [0.1, 0.15) is 12.5 Å². The molecule has 80 valence electrons. The first kappa shape index (κ1) is 12.0. The van der Waals surface area contributed by atoms with Gasteiger partial charge in [-0.2, -0.15) is 0 Å². The van der Waals surface area contributed by atoms with Crippen molar-refractivity contribution in [1.82, 2.24) is 5.01 Å². The highest BCUT2D eigenvalue weighted by Gasteiger charge is 2.07. The van der Waals surface area contributed by atoms with E-state index in [-0.39, 0.29) is 0 Å². The van der Waals surface area contributed by atoms with Gasteiger partial charge >= 0.3 is 0 Å². The fourth-order valence-electron chi connectivity index (χ4n) is 1.33. The number of benzene rings is 1. The predicted molar refractivity (Wildman–Crippen MR) is 69.1 cm³/mol. The van der Waals surface area contributed by atoms with Crippen molar-refractivity contribution >= 4 is 21.6 Å². The maximum Gasteiger partial charge on any atom is 0.0728 e. The molecule has 0 aliphatic heterocycles. The molecule has 0 fully saturated rings. The molecule has 0 saturated carbocycles. The van der Waals surface area contributed by atoms with Crippen LogP contribution in [-0.4, -0.2) is 12.1 Å². The molecule has 0 amide bonds. The zero-order valence-electron chi connectivity index (χ0n) is 8.94. The lowest BCUT2D eigenvalue weighted by Gasteiger charge is -2.18. The predicted octanol–water partition coefficient (Wildman–Crippen LogP) is 3.13. The van der Waals surface area contributed by atoms with Crippen molar-refractivity contribution in [1.29, 1.82) is 0 Å². The summed E-state index contributed by atoms with van der Waals surface area (Å²) in [6, 6.07) is 10.0. The Labute approximate surface area is 99.2 Å². The molecule has 0 aliphatic rings. The Bertz CT molecular complexity index is 366. The molecule has 0 radical (unpaired) electrons. The first-order valence-electron chi connectivity index (χ1n) is 4.73. The summed E-state index contributed by atoms with van der Waals surface area (Å²) in [5, 5.41) is 1.61. The lowest BCUT2D eigenvalue weighted by atomic mass is 10.1. The van der Waals surface area contributed by atoms with Crippen LogP contribution in [0.15, 0.2) is 47.0 Å². The molecule has 0 aliphatic carbocycles. The van der Waals surface area contributed by atoms with Gasteiger partial charge in [0, 0.05) is 17.1 Å². The molecule has 0 atom stereocenters. The van der Waals surface area contributed by atoms with Gasteiger partial charge < -0.3 is 5.01 Å². The molecular formula is C12H15BrN2. The number of hydrazine groups is 1. The van der Waals surface area contributed by atoms with E-state index < -0.39 is 0 Å². The normalized spacial score (nSPS) is 12.8. The van der Waals surface area contributed by atoms with Crippen LogP contribution in [0.5, 0.6) is 0 Å². The molecule has 0 bridgehead atoms. The number of rotatable bonds is 3. The summed E-state index contributed by atoms with van der Waals surface area (Å²) < 4.78 is 0.973. The van der Waals surface area contributed by atoms with E-state index in [1.165, 1.54) is 0 Å². The van der Waals surface area contributed by atoms with Crippen LogP contribution in [0.25, 0.3) is 5.70 Å². The van der Waals surface area contributed by atoms with E-state index >= 15 is 0 Å². The number of allylic oxidation sites excluding steroid dienone is 3. The van der Waals surface area contributed by atoms with Crippen LogP contribution in [0.3, 0.4) is 0 Å². The third-order valence-corrected chi connectivity index (χ3v) is 2.58. The van der Waals surface area contributed by atoms with Crippen molar-refractivity contribution in [3.63, 3.8) is 0 Å². The van der Waals surface area contributed by atoms with Gasteiger partial charge in [0.05, 0.1) is 5.70 Å². The van der Waals surface area contributed by atoms with Crippen molar-refractivity contribution < 1.29 is 0 Å². The van der Waals surface area contributed by atoms with E-state index in [9.17, 15) is 0 Å². The Morgan fingerprint density at radius 2 is 1.93 bits per heavy atom.